The molecule has 474 valence electrons. The van der Waals surface area contributed by atoms with Gasteiger partial charge >= 0.3 is 154 Å². The van der Waals surface area contributed by atoms with E-state index in [0.717, 1.165) is 0 Å². The third kappa shape index (κ3) is 8.05. The maximum absolute atomic E-state index is 15.0. The second kappa shape index (κ2) is 17.7. The van der Waals surface area contributed by atoms with E-state index in [1.54, 1.807) is 0 Å². The summed E-state index contributed by atoms with van der Waals surface area (Å²) in [7, 11) is 0. The Labute approximate surface area is 389 Å². The fourth-order valence-corrected chi connectivity index (χ4v) is 4.80. The molecule has 0 spiro atoms. The Balaban J connectivity index is 8.50. The SMILES string of the molecule is O=C(O)C(F)(C(F)(F)C(F)(F)C(F)(F)C(F)(F)C(F)(F)C(F)(F)C(F)(F)C(F)(F)C(F)(F)C(F)(F)C(F)(F)F)C(F)(F)C(F)(F)C(F)(F)C(F)(F)C(F)(F)C(F)(F)C(F)(F)C(F)(F)C(F)(F)C(F)(F)C(F)(F)C(F)(F)C(F)(F)F. The molecule has 53 heteroatoms. The molecule has 0 radical (unpaired) electrons. The number of rotatable bonds is 23. The minimum absolute atomic E-state index is 6.68. The van der Waals surface area contributed by atoms with Gasteiger partial charge in [-0.2, -0.15) is 220 Å². The molecule has 0 aliphatic heterocycles. The van der Waals surface area contributed by atoms with Crippen LogP contribution >= 0.6 is 0 Å². The van der Waals surface area contributed by atoms with Gasteiger partial charge in [-0.3, -0.25) is 0 Å². The van der Waals surface area contributed by atoms with Crippen molar-refractivity contribution in [1.82, 2.24) is 0 Å². The predicted molar refractivity (Wildman–Crippen MR) is 132 cm³/mol. The molecular formula is C26HF51O2. The lowest BCUT2D eigenvalue weighted by molar-refractivity contribution is -0.491. The lowest BCUT2D eigenvalue weighted by Gasteiger charge is -2.48. The smallest absolute Gasteiger partial charge is 0.460 e. The summed E-state index contributed by atoms with van der Waals surface area (Å²) >= 11 is 0. The summed E-state index contributed by atoms with van der Waals surface area (Å²) < 4.78 is 700. The first kappa shape index (κ1) is 74.9. The molecule has 0 saturated heterocycles. The summed E-state index contributed by atoms with van der Waals surface area (Å²) in [6.45, 7) is 0. The molecule has 1 N–H and O–H groups in total. The van der Waals surface area contributed by atoms with Gasteiger partial charge in [0.25, 0.3) is 0 Å². The van der Waals surface area contributed by atoms with E-state index < -0.39 is 154 Å². The standard InChI is InChI=1S/C26HF51O2/c27-2(1(78)79,4(30,31)6(34,35)8(38,39)10(42,43)12(46,47)15(52,53)17(56,57)19(60,61)21(64,65)23(68,69)25(72,73)74)3(28,29)5(32,33)7(36,37)9(40,41)11(44,45)13(48,49)14(50,51)16(54,55)18(58,59)20(62,63)22(66,67)24(70,71)26(75,76)77/h(H,78,79). The Bertz CT molecular complexity index is 2250. The minimum atomic E-state index is -11.0. The number of carboxylic acid groups (broad SMARTS) is 1. The van der Waals surface area contributed by atoms with E-state index in [1.165, 1.54) is 0 Å². The molecule has 0 fully saturated rings. The molecule has 0 rings (SSSR count). The molecule has 0 aromatic carbocycles. The predicted octanol–water partition coefficient (Wildman–Crippen LogP) is 15.9. The van der Waals surface area contributed by atoms with Crippen molar-refractivity contribution in [2.24, 2.45) is 0 Å². The van der Waals surface area contributed by atoms with Crippen molar-refractivity contribution in [2.75, 3.05) is 0 Å². The monoisotopic (exact) mass is 1310 g/mol. The highest BCUT2D eigenvalue weighted by atomic mass is 19.5. The van der Waals surface area contributed by atoms with E-state index in [9.17, 15) is 229 Å². The van der Waals surface area contributed by atoms with Crippen molar-refractivity contribution < 1.29 is 234 Å². The maximum atomic E-state index is 15.0. The fourth-order valence-electron chi connectivity index (χ4n) is 4.80. The fraction of sp³-hybridized carbons (Fsp3) is 0.962. The van der Waals surface area contributed by atoms with Crippen molar-refractivity contribution in [1.29, 1.82) is 0 Å². The van der Waals surface area contributed by atoms with Gasteiger partial charge in [-0.1, -0.05) is 0 Å². The zero-order chi connectivity index (χ0) is 66.1. The zero-order valence-corrected chi connectivity index (χ0v) is 33.1. The first-order chi connectivity index (χ1) is 32.9. The van der Waals surface area contributed by atoms with Crippen molar-refractivity contribution in [3.63, 3.8) is 0 Å². The molecule has 79 heavy (non-hydrogen) atoms. The highest BCUT2D eigenvalue weighted by Gasteiger charge is 3.05. The summed E-state index contributed by atoms with van der Waals surface area (Å²) in [5.74, 6) is -237. The lowest BCUT2D eigenvalue weighted by Crippen LogP contribution is -2.83. The van der Waals surface area contributed by atoms with Crippen LogP contribution in [0.4, 0.5) is 224 Å². The minimum Gasteiger partial charge on any atom is -0.479 e. The van der Waals surface area contributed by atoms with Gasteiger partial charge in [0, 0.05) is 0 Å². The van der Waals surface area contributed by atoms with Crippen LogP contribution in [0.2, 0.25) is 0 Å². The average molecular weight is 1310 g/mol. The molecule has 2 nitrogen and oxygen atoms in total. The Morgan fingerprint density at radius 2 is 0.228 bits per heavy atom. The number of alkyl halides is 51. The molecule has 0 heterocycles. The number of hydrogen-bond acceptors (Lipinski definition) is 1. The van der Waals surface area contributed by atoms with E-state index in [2.05, 4.69) is 0 Å². The van der Waals surface area contributed by atoms with Crippen molar-refractivity contribution in [2.45, 2.75) is 148 Å². The lowest BCUT2D eigenvalue weighted by atomic mass is 9.76. The number of aliphatic carboxylic acids is 1. The van der Waals surface area contributed by atoms with Crippen LogP contribution in [-0.2, 0) is 4.79 Å². The van der Waals surface area contributed by atoms with Crippen LogP contribution in [0.25, 0.3) is 0 Å². The second-order valence-corrected chi connectivity index (χ2v) is 14.6. The van der Waals surface area contributed by atoms with Crippen LogP contribution in [0, 0.1) is 0 Å². The number of carboxylic acids is 1. The van der Waals surface area contributed by atoms with Crippen molar-refractivity contribution >= 4 is 5.97 Å². The normalized spacial score (nSPS) is 18.0. The highest BCUT2D eigenvalue weighted by Crippen LogP contribution is 2.73. The van der Waals surface area contributed by atoms with E-state index in [-0.39, 0.29) is 0 Å². The first-order valence-electron chi connectivity index (χ1n) is 16.3. The summed E-state index contributed by atoms with van der Waals surface area (Å²) in [5, 5.41) is 8.16. The Hall–Kier alpha value is -4.10. The summed E-state index contributed by atoms with van der Waals surface area (Å²) in [5.41, 5.74) is -10.6. The first-order valence-corrected chi connectivity index (χ1v) is 16.3. The van der Waals surface area contributed by atoms with Crippen LogP contribution in [0.3, 0.4) is 0 Å². The largest absolute Gasteiger partial charge is 0.479 e. The second-order valence-electron chi connectivity index (χ2n) is 14.6. The maximum Gasteiger partial charge on any atom is 0.460 e. The van der Waals surface area contributed by atoms with Gasteiger partial charge in [-0.15, -0.1) is 0 Å². The Morgan fingerprint density at radius 1 is 0.152 bits per heavy atom. The number of carbonyl (C=O) groups is 1. The molecule has 0 aliphatic carbocycles. The van der Waals surface area contributed by atoms with E-state index >= 15 is 0 Å². The van der Waals surface area contributed by atoms with Gasteiger partial charge in [0.1, 0.15) is 0 Å². The molecule has 0 aromatic rings. The van der Waals surface area contributed by atoms with E-state index in [4.69, 9.17) is 5.11 Å². The molecule has 0 saturated carbocycles. The molecule has 0 aromatic heterocycles. The molecule has 0 bridgehead atoms. The van der Waals surface area contributed by atoms with Crippen LogP contribution < -0.4 is 0 Å². The van der Waals surface area contributed by atoms with Gasteiger partial charge in [0.05, 0.1) is 0 Å². The van der Waals surface area contributed by atoms with Crippen LogP contribution in [0.5, 0.6) is 0 Å². The van der Waals surface area contributed by atoms with Crippen molar-refractivity contribution in [3.05, 3.63) is 0 Å². The zero-order valence-electron chi connectivity index (χ0n) is 33.1. The molecule has 0 aliphatic rings. The van der Waals surface area contributed by atoms with Crippen LogP contribution in [0.1, 0.15) is 0 Å². The van der Waals surface area contributed by atoms with Gasteiger partial charge < -0.3 is 5.11 Å². The Morgan fingerprint density at radius 3 is 0.304 bits per heavy atom. The van der Waals surface area contributed by atoms with E-state index in [0.29, 0.717) is 0 Å². The third-order valence-electron chi connectivity index (χ3n) is 9.76. The summed E-state index contributed by atoms with van der Waals surface area (Å²) in [6, 6.07) is 0. The highest BCUT2D eigenvalue weighted by molar-refractivity contribution is 5.81. The average Bonchev–Trinajstić information content (AvgIpc) is 3.20. The molecule has 1 atom stereocenters. The summed E-state index contributed by atoms with van der Waals surface area (Å²) in [4.78, 5) is 10.9. The topological polar surface area (TPSA) is 37.3 Å². The Kier molecular flexibility index (Phi) is 16.8. The number of halogens is 51. The summed E-state index contributed by atoms with van der Waals surface area (Å²) in [6.07, 6.45) is -17.3. The molecule has 0 amide bonds. The van der Waals surface area contributed by atoms with E-state index in [1.807, 2.05) is 0 Å². The van der Waals surface area contributed by atoms with Gasteiger partial charge in [-0.25, -0.2) is 9.18 Å². The quantitative estimate of drug-likeness (QED) is 0.104. The number of hydrogen-bond donors (Lipinski definition) is 1. The van der Waals surface area contributed by atoms with Crippen molar-refractivity contribution in [3.8, 4) is 0 Å². The van der Waals surface area contributed by atoms with Gasteiger partial charge in [0.15, 0.2) is 0 Å². The molecular weight excluding hydrogens is 1310 g/mol. The van der Waals surface area contributed by atoms with Crippen LogP contribution in [0.15, 0.2) is 0 Å². The third-order valence-corrected chi connectivity index (χ3v) is 9.76. The van der Waals surface area contributed by atoms with Crippen LogP contribution in [-0.4, -0.2) is 159 Å². The van der Waals surface area contributed by atoms with Gasteiger partial charge in [-0.05, 0) is 0 Å². The van der Waals surface area contributed by atoms with Gasteiger partial charge in [0.2, 0.25) is 0 Å². The molecule has 1 unspecified atom stereocenters.